The van der Waals surface area contributed by atoms with Crippen LogP contribution in [0.1, 0.15) is 51.4 Å². The van der Waals surface area contributed by atoms with Gasteiger partial charge in [0.1, 0.15) is 0 Å². The van der Waals surface area contributed by atoms with Crippen molar-refractivity contribution in [2.24, 2.45) is 17.8 Å². The fraction of sp³-hybridized carbons (Fsp3) is 1.00. The van der Waals surface area contributed by atoms with Gasteiger partial charge >= 0.3 is 0 Å². The Hall–Kier alpha value is -0.130. The first-order valence-corrected chi connectivity index (χ1v) is 10.00. The van der Waals surface area contributed by atoms with Gasteiger partial charge in [-0.1, -0.05) is 0 Å². The molecule has 4 nitrogen and oxygen atoms in total. The predicted molar refractivity (Wildman–Crippen MR) is 81.0 cm³/mol. The molecule has 0 unspecified atom stereocenters. The van der Waals surface area contributed by atoms with Crippen LogP contribution >= 0.6 is 0 Å². The van der Waals surface area contributed by atoms with Crippen LogP contribution in [-0.2, 0) is 10.0 Å². The molecule has 0 heterocycles. The summed E-state index contributed by atoms with van der Waals surface area (Å²) in [6, 6.07) is 0.725. The van der Waals surface area contributed by atoms with Gasteiger partial charge < -0.3 is 5.32 Å². The van der Waals surface area contributed by atoms with Gasteiger partial charge in [0.05, 0.1) is 5.75 Å². The van der Waals surface area contributed by atoms with E-state index < -0.39 is 10.0 Å². The van der Waals surface area contributed by atoms with Crippen LogP contribution in [0.4, 0.5) is 0 Å². The Morgan fingerprint density at radius 3 is 2.15 bits per heavy atom. The number of hydrogen-bond donors (Lipinski definition) is 2. The molecule has 0 bridgehead atoms. The van der Waals surface area contributed by atoms with Crippen molar-refractivity contribution < 1.29 is 8.42 Å². The summed E-state index contributed by atoms with van der Waals surface area (Å²) in [5.41, 5.74) is 0. The Balaban J connectivity index is 1.30. The highest BCUT2D eigenvalue weighted by Gasteiger charge is 2.41. The van der Waals surface area contributed by atoms with Crippen molar-refractivity contribution in [2.45, 2.75) is 57.4 Å². The molecule has 0 spiro atoms. The Morgan fingerprint density at radius 2 is 1.60 bits per heavy atom. The van der Waals surface area contributed by atoms with E-state index in [-0.39, 0.29) is 0 Å². The predicted octanol–water partition coefficient (Wildman–Crippen LogP) is 1.87. The second-order valence-corrected chi connectivity index (χ2v) is 8.87. The summed E-state index contributed by atoms with van der Waals surface area (Å²) in [6.45, 7) is 1.66. The molecule has 116 valence electrons. The van der Waals surface area contributed by atoms with Gasteiger partial charge in [-0.3, -0.25) is 0 Å². The second kappa shape index (κ2) is 6.32. The van der Waals surface area contributed by atoms with Gasteiger partial charge in [-0.25, -0.2) is 13.1 Å². The standard InChI is InChI=1S/C15H28N2O2S/c18-20(19,10-2-1-9-16-14-7-8-14)17-11-15(12-3-4-12)13-5-6-13/h12-17H,1-11H2. The van der Waals surface area contributed by atoms with Gasteiger partial charge in [0.15, 0.2) is 0 Å². The SMILES string of the molecule is O=S(=O)(CCCCNC1CC1)NCC(C1CC1)C1CC1. The Kier molecular flexibility index (Phi) is 4.68. The fourth-order valence-electron chi connectivity index (χ4n) is 3.07. The third-order valence-corrected chi connectivity index (χ3v) is 6.28. The molecule has 0 aliphatic heterocycles. The second-order valence-electron chi connectivity index (χ2n) is 6.94. The quantitative estimate of drug-likeness (QED) is 0.573. The van der Waals surface area contributed by atoms with E-state index in [2.05, 4.69) is 10.0 Å². The molecule has 3 fully saturated rings. The summed E-state index contributed by atoms with van der Waals surface area (Å²) >= 11 is 0. The molecule has 0 aromatic rings. The van der Waals surface area contributed by atoms with Gasteiger partial charge in [-0.15, -0.1) is 0 Å². The number of nitrogens with one attached hydrogen (secondary N) is 2. The van der Waals surface area contributed by atoms with Crippen LogP contribution in [0, 0.1) is 17.8 Å². The van der Waals surface area contributed by atoms with Crippen molar-refractivity contribution in [3.8, 4) is 0 Å². The average molecular weight is 300 g/mol. The molecule has 0 radical (unpaired) electrons. The number of unbranched alkanes of at least 4 members (excludes halogenated alkanes) is 1. The normalized spacial score (nSPS) is 23.4. The zero-order valence-corrected chi connectivity index (χ0v) is 13.1. The number of sulfonamides is 1. The van der Waals surface area contributed by atoms with Gasteiger partial charge in [0.2, 0.25) is 10.0 Å². The number of rotatable bonds is 11. The minimum atomic E-state index is -3.05. The van der Waals surface area contributed by atoms with Crippen molar-refractivity contribution in [1.82, 2.24) is 10.0 Å². The first-order valence-electron chi connectivity index (χ1n) is 8.35. The van der Waals surface area contributed by atoms with Crippen LogP contribution in [0.3, 0.4) is 0 Å². The van der Waals surface area contributed by atoms with E-state index in [4.69, 9.17) is 0 Å². The summed E-state index contributed by atoms with van der Waals surface area (Å²) < 4.78 is 26.9. The molecule has 3 aliphatic carbocycles. The largest absolute Gasteiger partial charge is 0.314 e. The zero-order chi connectivity index (χ0) is 14.0. The van der Waals surface area contributed by atoms with Crippen LogP contribution in [0.5, 0.6) is 0 Å². The maximum atomic E-state index is 12.0. The first-order chi connectivity index (χ1) is 9.64. The molecule has 0 atom stereocenters. The van der Waals surface area contributed by atoms with E-state index >= 15 is 0 Å². The van der Waals surface area contributed by atoms with Gasteiger partial charge in [0.25, 0.3) is 0 Å². The Morgan fingerprint density at radius 1 is 0.950 bits per heavy atom. The van der Waals surface area contributed by atoms with Crippen LogP contribution in [-0.4, -0.2) is 33.3 Å². The van der Waals surface area contributed by atoms with Gasteiger partial charge in [-0.2, -0.15) is 0 Å². The maximum absolute atomic E-state index is 12.0. The van der Waals surface area contributed by atoms with E-state index in [1.54, 1.807) is 0 Å². The smallest absolute Gasteiger partial charge is 0.211 e. The van der Waals surface area contributed by atoms with Crippen molar-refractivity contribution >= 4 is 10.0 Å². The van der Waals surface area contributed by atoms with E-state index in [9.17, 15) is 8.42 Å². The molecule has 0 amide bonds. The first kappa shape index (κ1) is 14.8. The lowest BCUT2D eigenvalue weighted by Crippen LogP contribution is -2.33. The number of hydrogen-bond acceptors (Lipinski definition) is 3. The van der Waals surface area contributed by atoms with Crippen molar-refractivity contribution in [2.75, 3.05) is 18.8 Å². The molecule has 20 heavy (non-hydrogen) atoms. The molecule has 2 N–H and O–H groups in total. The maximum Gasteiger partial charge on any atom is 0.211 e. The topological polar surface area (TPSA) is 58.2 Å². The van der Waals surface area contributed by atoms with E-state index in [1.165, 1.54) is 38.5 Å². The lowest BCUT2D eigenvalue weighted by Gasteiger charge is -2.16. The minimum Gasteiger partial charge on any atom is -0.314 e. The van der Waals surface area contributed by atoms with Crippen molar-refractivity contribution in [3.05, 3.63) is 0 Å². The van der Waals surface area contributed by atoms with Crippen LogP contribution < -0.4 is 10.0 Å². The summed E-state index contributed by atoms with van der Waals surface area (Å²) in [5, 5.41) is 3.42. The molecule has 0 aromatic carbocycles. The zero-order valence-electron chi connectivity index (χ0n) is 12.3. The Bertz CT molecular complexity index is 400. The van der Waals surface area contributed by atoms with Crippen molar-refractivity contribution in [3.63, 3.8) is 0 Å². The molecule has 5 heteroatoms. The van der Waals surface area contributed by atoms with Crippen LogP contribution in [0.2, 0.25) is 0 Å². The lowest BCUT2D eigenvalue weighted by atomic mass is 9.99. The van der Waals surface area contributed by atoms with E-state index in [1.807, 2.05) is 0 Å². The van der Waals surface area contributed by atoms with Crippen molar-refractivity contribution in [1.29, 1.82) is 0 Å². The molecule has 0 saturated heterocycles. The minimum absolute atomic E-state index is 0.293. The summed E-state index contributed by atoms with van der Waals surface area (Å²) in [7, 11) is -3.05. The van der Waals surface area contributed by atoms with E-state index in [0.29, 0.717) is 18.2 Å². The van der Waals surface area contributed by atoms with Crippen LogP contribution in [0.15, 0.2) is 0 Å². The highest BCUT2D eigenvalue weighted by atomic mass is 32.2. The highest BCUT2D eigenvalue weighted by Crippen LogP contribution is 2.48. The van der Waals surface area contributed by atoms with E-state index in [0.717, 1.165) is 37.3 Å². The highest BCUT2D eigenvalue weighted by molar-refractivity contribution is 7.89. The monoisotopic (exact) mass is 300 g/mol. The van der Waals surface area contributed by atoms with Crippen LogP contribution in [0.25, 0.3) is 0 Å². The molecular weight excluding hydrogens is 272 g/mol. The molecule has 3 aliphatic rings. The average Bonchev–Trinajstić information content (AvgIpc) is 3.27. The lowest BCUT2D eigenvalue weighted by molar-refractivity contribution is 0.401. The van der Waals surface area contributed by atoms with Gasteiger partial charge in [0, 0.05) is 12.6 Å². The third kappa shape index (κ3) is 5.01. The Labute approximate surface area is 123 Å². The third-order valence-electron chi connectivity index (χ3n) is 4.84. The summed E-state index contributed by atoms with van der Waals surface area (Å²) in [6.07, 6.45) is 9.59. The molecule has 0 aromatic heterocycles. The molecule has 3 saturated carbocycles. The fourth-order valence-corrected chi connectivity index (χ4v) is 4.25. The summed E-state index contributed by atoms with van der Waals surface area (Å²) in [4.78, 5) is 0. The summed E-state index contributed by atoms with van der Waals surface area (Å²) in [5.74, 6) is 2.55. The molecule has 3 rings (SSSR count). The van der Waals surface area contributed by atoms with Gasteiger partial charge in [-0.05, 0) is 75.7 Å². The molecular formula is C15H28N2O2S.